The molecule has 4 aromatic rings. The van der Waals surface area contributed by atoms with Crippen LogP contribution in [0.25, 0.3) is 17.0 Å². The number of hydrogen-bond donors (Lipinski definition) is 2. The van der Waals surface area contributed by atoms with Crippen LogP contribution in [0.3, 0.4) is 0 Å². The molecule has 3 heterocycles. The number of benzene rings is 1. The van der Waals surface area contributed by atoms with Crippen molar-refractivity contribution >= 4 is 17.0 Å². The standard InChI is InChI=1S/C21H22N6O4/c1-21(2,3)14-4-6-15(7-5-14)31-9-8-26-17-16(11-23-26)24-20(25-18(17)28)27-12-13(10-22-27)19(29)30/h4-7,10-12H,8-9H2,1-3H3,(H,29,30)(H,24,25,28). The van der Waals surface area contributed by atoms with E-state index in [0.29, 0.717) is 24.2 Å². The molecular weight excluding hydrogens is 400 g/mol. The molecular formula is C21H22N6O4. The molecule has 0 aliphatic heterocycles. The van der Waals surface area contributed by atoms with Crippen LogP contribution in [0.5, 0.6) is 5.75 Å². The normalized spacial score (nSPS) is 11.7. The van der Waals surface area contributed by atoms with Gasteiger partial charge in [0.15, 0.2) is 5.52 Å². The Balaban J connectivity index is 1.49. The fourth-order valence-corrected chi connectivity index (χ4v) is 3.12. The van der Waals surface area contributed by atoms with Gasteiger partial charge in [-0.25, -0.2) is 14.5 Å². The van der Waals surface area contributed by atoms with Gasteiger partial charge in [0.05, 0.1) is 24.5 Å². The highest BCUT2D eigenvalue weighted by Crippen LogP contribution is 2.24. The smallest absolute Gasteiger partial charge is 0.338 e. The van der Waals surface area contributed by atoms with Gasteiger partial charge in [-0.15, -0.1) is 0 Å². The molecule has 0 saturated heterocycles. The largest absolute Gasteiger partial charge is 0.492 e. The molecule has 2 N–H and O–H groups in total. The lowest BCUT2D eigenvalue weighted by Gasteiger charge is -2.19. The Labute approximate surface area is 177 Å². The molecule has 0 atom stereocenters. The zero-order valence-electron chi connectivity index (χ0n) is 17.4. The summed E-state index contributed by atoms with van der Waals surface area (Å²) in [7, 11) is 0. The Bertz CT molecular complexity index is 1290. The molecule has 0 bridgehead atoms. The van der Waals surface area contributed by atoms with E-state index in [1.54, 1.807) is 0 Å². The Kier molecular flexibility index (Phi) is 5.05. The minimum absolute atomic E-state index is 0.00822. The zero-order valence-corrected chi connectivity index (χ0v) is 17.4. The predicted octanol–water partition coefficient (Wildman–Crippen LogP) is 2.38. The van der Waals surface area contributed by atoms with Gasteiger partial charge >= 0.3 is 5.97 Å². The molecule has 31 heavy (non-hydrogen) atoms. The molecule has 0 spiro atoms. The number of hydrogen-bond acceptors (Lipinski definition) is 6. The third-order valence-corrected chi connectivity index (χ3v) is 4.83. The van der Waals surface area contributed by atoms with Crippen molar-refractivity contribution in [3.63, 3.8) is 0 Å². The van der Waals surface area contributed by atoms with Crippen LogP contribution in [-0.4, -0.2) is 47.2 Å². The summed E-state index contributed by atoms with van der Waals surface area (Å²) in [6, 6.07) is 7.94. The molecule has 10 heteroatoms. The minimum Gasteiger partial charge on any atom is -0.492 e. The number of carbonyl (C=O) groups is 1. The minimum atomic E-state index is -1.12. The number of fused-ring (bicyclic) bond motifs is 1. The lowest BCUT2D eigenvalue weighted by molar-refractivity contribution is 0.0697. The van der Waals surface area contributed by atoms with E-state index in [-0.39, 0.29) is 16.9 Å². The molecule has 0 aliphatic carbocycles. The second-order valence-electron chi connectivity index (χ2n) is 8.09. The maximum atomic E-state index is 12.6. The molecule has 0 fully saturated rings. The molecule has 4 rings (SSSR count). The summed E-state index contributed by atoms with van der Waals surface area (Å²) in [4.78, 5) is 30.6. The van der Waals surface area contributed by atoms with E-state index in [4.69, 9.17) is 9.84 Å². The third kappa shape index (κ3) is 4.18. The SMILES string of the molecule is CC(C)(C)c1ccc(OCCn2ncc3nc(-n4cc(C(=O)O)cn4)[nH]c(=O)c32)cc1. The van der Waals surface area contributed by atoms with Crippen molar-refractivity contribution in [2.45, 2.75) is 32.7 Å². The first-order chi connectivity index (χ1) is 14.7. The average Bonchev–Trinajstić information content (AvgIpc) is 3.35. The Morgan fingerprint density at radius 3 is 2.55 bits per heavy atom. The molecule has 0 aliphatic rings. The first-order valence-electron chi connectivity index (χ1n) is 9.70. The number of nitrogens with zero attached hydrogens (tertiary/aromatic N) is 5. The highest BCUT2D eigenvalue weighted by Gasteiger charge is 2.15. The summed E-state index contributed by atoms with van der Waals surface area (Å²) in [6.45, 7) is 7.15. The van der Waals surface area contributed by atoms with E-state index >= 15 is 0 Å². The summed E-state index contributed by atoms with van der Waals surface area (Å²) >= 11 is 0. The molecule has 0 unspecified atom stereocenters. The summed E-state index contributed by atoms with van der Waals surface area (Å²) in [5.74, 6) is -0.262. The Morgan fingerprint density at radius 1 is 1.16 bits per heavy atom. The number of H-pyrrole nitrogens is 1. The maximum Gasteiger partial charge on any atom is 0.338 e. The number of aromatic nitrogens is 6. The Morgan fingerprint density at radius 2 is 1.90 bits per heavy atom. The van der Waals surface area contributed by atoms with E-state index in [9.17, 15) is 9.59 Å². The van der Waals surface area contributed by atoms with Crippen LogP contribution in [-0.2, 0) is 12.0 Å². The first kappa shape index (κ1) is 20.3. The van der Waals surface area contributed by atoms with Crippen LogP contribution in [0.2, 0.25) is 0 Å². The number of carboxylic acids is 1. The maximum absolute atomic E-state index is 12.6. The van der Waals surface area contributed by atoms with Crippen molar-refractivity contribution in [2.24, 2.45) is 0 Å². The summed E-state index contributed by atoms with van der Waals surface area (Å²) in [5, 5.41) is 17.2. The van der Waals surface area contributed by atoms with Gasteiger partial charge in [-0.3, -0.25) is 14.5 Å². The first-order valence-corrected chi connectivity index (χ1v) is 9.70. The summed E-state index contributed by atoms with van der Waals surface area (Å²) < 4.78 is 8.52. The topological polar surface area (TPSA) is 128 Å². The molecule has 160 valence electrons. The number of aromatic carboxylic acids is 1. The second-order valence-corrected chi connectivity index (χ2v) is 8.09. The van der Waals surface area contributed by atoms with Crippen molar-refractivity contribution in [3.8, 4) is 11.7 Å². The van der Waals surface area contributed by atoms with Crippen molar-refractivity contribution in [1.29, 1.82) is 0 Å². The van der Waals surface area contributed by atoms with Crippen LogP contribution < -0.4 is 10.3 Å². The van der Waals surface area contributed by atoms with Gasteiger partial charge < -0.3 is 9.84 Å². The zero-order chi connectivity index (χ0) is 22.2. The summed E-state index contributed by atoms with van der Waals surface area (Å²) in [5.41, 5.74) is 1.57. The highest BCUT2D eigenvalue weighted by atomic mass is 16.5. The van der Waals surface area contributed by atoms with Gasteiger partial charge in [-0.2, -0.15) is 10.2 Å². The Hall–Kier alpha value is -3.95. The number of rotatable bonds is 6. The van der Waals surface area contributed by atoms with Crippen LogP contribution in [0, 0.1) is 0 Å². The third-order valence-electron chi connectivity index (χ3n) is 4.83. The van der Waals surface area contributed by atoms with Gasteiger partial charge in [0.1, 0.15) is 17.9 Å². The average molecular weight is 422 g/mol. The molecule has 0 radical (unpaired) electrons. The van der Waals surface area contributed by atoms with E-state index in [2.05, 4.69) is 40.9 Å². The van der Waals surface area contributed by atoms with Gasteiger partial charge in [-0.05, 0) is 23.1 Å². The van der Waals surface area contributed by atoms with Crippen molar-refractivity contribution in [1.82, 2.24) is 29.5 Å². The lowest BCUT2D eigenvalue weighted by atomic mass is 9.87. The fourth-order valence-electron chi connectivity index (χ4n) is 3.12. The van der Waals surface area contributed by atoms with Gasteiger partial charge in [0.2, 0.25) is 5.95 Å². The molecule has 10 nitrogen and oxygen atoms in total. The fraction of sp³-hybridized carbons (Fsp3) is 0.286. The molecule has 0 amide bonds. The number of ether oxygens (including phenoxy) is 1. The van der Waals surface area contributed by atoms with Crippen molar-refractivity contribution in [2.75, 3.05) is 6.61 Å². The number of carboxylic acid groups (broad SMARTS) is 1. The monoisotopic (exact) mass is 422 g/mol. The predicted molar refractivity (Wildman–Crippen MR) is 113 cm³/mol. The quantitative estimate of drug-likeness (QED) is 0.488. The summed E-state index contributed by atoms with van der Waals surface area (Å²) in [6.07, 6.45) is 3.94. The second kappa shape index (κ2) is 7.71. The van der Waals surface area contributed by atoms with Crippen LogP contribution in [0.4, 0.5) is 0 Å². The van der Waals surface area contributed by atoms with Crippen LogP contribution in [0.1, 0.15) is 36.7 Å². The van der Waals surface area contributed by atoms with Crippen LogP contribution in [0.15, 0.2) is 47.7 Å². The van der Waals surface area contributed by atoms with Gasteiger partial charge in [-0.1, -0.05) is 32.9 Å². The lowest BCUT2D eigenvalue weighted by Crippen LogP contribution is -2.18. The van der Waals surface area contributed by atoms with Crippen molar-refractivity contribution < 1.29 is 14.6 Å². The van der Waals surface area contributed by atoms with Crippen LogP contribution >= 0.6 is 0 Å². The van der Waals surface area contributed by atoms with E-state index in [1.165, 1.54) is 33.5 Å². The van der Waals surface area contributed by atoms with E-state index < -0.39 is 11.5 Å². The number of nitrogens with one attached hydrogen (secondary N) is 1. The highest BCUT2D eigenvalue weighted by molar-refractivity contribution is 5.87. The molecule has 1 aromatic carbocycles. The van der Waals surface area contributed by atoms with Gasteiger partial charge in [0.25, 0.3) is 5.56 Å². The molecule has 3 aromatic heterocycles. The van der Waals surface area contributed by atoms with E-state index in [1.807, 2.05) is 24.3 Å². The molecule has 0 saturated carbocycles. The van der Waals surface area contributed by atoms with Gasteiger partial charge in [0, 0.05) is 6.20 Å². The van der Waals surface area contributed by atoms with E-state index in [0.717, 1.165) is 5.75 Å². The number of aromatic amines is 1. The van der Waals surface area contributed by atoms with Crippen molar-refractivity contribution in [3.05, 3.63) is 64.3 Å².